The lowest BCUT2D eigenvalue weighted by molar-refractivity contribution is 0.207. The minimum atomic E-state index is -0.134. The summed E-state index contributed by atoms with van der Waals surface area (Å²) < 4.78 is 19.4. The van der Waals surface area contributed by atoms with Crippen LogP contribution >= 0.6 is 0 Å². The van der Waals surface area contributed by atoms with Crippen LogP contribution in [0.5, 0.6) is 5.75 Å². The van der Waals surface area contributed by atoms with Crippen molar-refractivity contribution in [3.8, 4) is 5.75 Å². The van der Waals surface area contributed by atoms with Gasteiger partial charge < -0.3 is 4.74 Å². The van der Waals surface area contributed by atoms with Crippen molar-refractivity contribution in [1.82, 2.24) is 0 Å². The molecule has 2 rings (SSSR count). The lowest BCUT2D eigenvalue weighted by Gasteiger charge is -2.16. The third-order valence-corrected chi connectivity index (χ3v) is 3.13. The predicted octanol–water partition coefficient (Wildman–Crippen LogP) is 3.76. The first kappa shape index (κ1) is 10.5. The molecule has 1 fully saturated rings. The van der Waals surface area contributed by atoms with E-state index in [4.69, 9.17) is 4.74 Å². The second-order valence-electron chi connectivity index (χ2n) is 4.34. The van der Waals surface area contributed by atoms with Crippen LogP contribution < -0.4 is 4.74 Å². The number of rotatable bonds is 2. The standard InChI is InChI=1S/C13H17FO/c1-9-7-8-12(10(2)13(9)14)15-11-5-3-4-6-11/h7-8,11H,3-6H2,1-2H3. The summed E-state index contributed by atoms with van der Waals surface area (Å²) in [6, 6.07) is 3.67. The predicted molar refractivity (Wildman–Crippen MR) is 58.8 cm³/mol. The van der Waals surface area contributed by atoms with E-state index >= 15 is 0 Å². The van der Waals surface area contributed by atoms with Gasteiger partial charge in [-0.2, -0.15) is 0 Å². The topological polar surface area (TPSA) is 9.23 Å². The zero-order chi connectivity index (χ0) is 10.8. The molecule has 0 bridgehead atoms. The fourth-order valence-electron chi connectivity index (χ4n) is 2.12. The summed E-state index contributed by atoms with van der Waals surface area (Å²) in [5.41, 5.74) is 1.33. The molecule has 0 aromatic heterocycles. The van der Waals surface area contributed by atoms with Crippen LogP contribution in [0.4, 0.5) is 4.39 Å². The first-order valence-corrected chi connectivity index (χ1v) is 5.61. The molecule has 1 nitrogen and oxygen atoms in total. The quantitative estimate of drug-likeness (QED) is 0.719. The molecule has 0 N–H and O–H groups in total. The molecular formula is C13H17FO. The van der Waals surface area contributed by atoms with Gasteiger partial charge in [0.25, 0.3) is 0 Å². The van der Waals surface area contributed by atoms with E-state index in [1.54, 1.807) is 19.9 Å². The van der Waals surface area contributed by atoms with Gasteiger partial charge in [0.15, 0.2) is 0 Å². The fraction of sp³-hybridized carbons (Fsp3) is 0.538. The highest BCUT2D eigenvalue weighted by Crippen LogP contribution is 2.28. The van der Waals surface area contributed by atoms with Gasteiger partial charge in [-0.1, -0.05) is 6.07 Å². The maximum atomic E-state index is 13.6. The largest absolute Gasteiger partial charge is 0.490 e. The molecule has 0 aliphatic heterocycles. The van der Waals surface area contributed by atoms with Crippen LogP contribution in [0.1, 0.15) is 36.8 Å². The van der Waals surface area contributed by atoms with Crippen LogP contribution in [-0.4, -0.2) is 6.10 Å². The molecule has 0 spiro atoms. The van der Waals surface area contributed by atoms with Crippen molar-refractivity contribution in [1.29, 1.82) is 0 Å². The Balaban J connectivity index is 2.17. The number of halogens is 1. The monoisotopic (exact) mass is 208 g/mol. The van der Waals surface area contributed by atoms with E-state index in [0.717, 1.165) is 12.8 Å². The average Bonchev–Trinajstić information content (AvgIpc) is 2.72. The Kier molecular flexibility index (Phi) is 2.94. The Morgan fingerprint density at radius 1 is 1.20 bits per heavy atom. The summed E-state index contributed by atoms with van der Waals surface area (Å²) in [6.45, 7) is 3.56. The van der Waals surface area contributed by atoms with Gasteiger partial charge in [0.05, 0.1) is 6.10 Å². The van der Waals surface area contributed by atoms with Gasteiger partial charge in [0, 0.05) is 5.56 Å². The zero-order valence-electron chi connectivity index (χ0n) is 9.35. The summed E-state index contributed by atoms with van der Waals surface area (Å²) in [4.78, 5) is 0. The first-order valence-electron chi connectivity index (χ1n) is 5.61. The van der Waals surface area contributed by atoms with Crippen molar-refractivity contribution >= 4 is 0 Å². The normalized spacial score (nSPS) is 17.0. The van der Waals surface area contributed by atoms with Crippen molar-refractivity contribution in [2.45, 2.75) is 45.6 Å². The van der Waals surface area contributed by atoms with Gasteiger partial charge in [-0.25, -0.2) is 4.39 Å². The van der Waals surface area contributed by atoms with Crippen LogP contribution in [-0.2, 0) is 0 Å². The van der Waals surface area contributed by atoms with Gasteiger partial charge in [-0.15, -0.1) is 0 Å². The molecule has 82 valence electrons. The van der Waals surface area contributed by atoms with Gasteiger partial charge in [0.1, 0.15) is 11.6 Å². The smallest absolute Gasteiger partial charge is 0.132 e. The highest BCUT2D eigenvalue weighted by molar-refractivity contribution is 5.37. The first-order chi connectivity index (χ1) is 7.18. The van der Waals surface area contributed by atoms with Crippen LogP contribution in [0.2, 0.25) is 0 Å². The minimum absolute atomic E-state index is 0.134. The molecule has 0 amide bonds. The lowest BCUT2D eigenvalue weighted by atomic mass is 10.1. The molecule has 1 aromatic carbocycles. The molecule has 0 unspecified atom stereocenters. The highest BCUT2D eigenvalue weighted by Gasteiger charge is 2.18. The van der Waals surface area contributed by atoms with Gasteiger partial charge in [-0.3, -0.25) is 0 Å². The average molecular weight is 208 g/mol. The number of hydrogen-bond acceptors (Lipinski definition) is 1. The number of benzene rings is 1. The van der Waals surface area contributed by atoms with E-state index in [0.29, 0.717) is 23.0 Å². The highest BCUT2D eigenvalue weighted by atomic mass is 19.1. The summed E-state index contributed by atoms with van der Waals surface area (Å²) in [6.07, 6.45) is 4.98. The molecule has 1 aliphatic carbocycles. The second-order valence-corrected chi connectivity index (χ2v) is 4.34. The summed E-state index contributed by atoms with van der Waals surface area (Å²) in [7, 11) is 0. The second kappa shape index (κ2) is 4.21. The van der Waals surface area contributed by atoms with Gasteiger partial charge in [0.2, 0.25) is 0 Å². The van der Waals surface area contributed by atoms with Crippen molar-refractivity contribution in [3.05, 3.63) is 29.1 Å². The van der Waals surface area contributed by atoms with E-state index < -0.39 is 0 Å². The van der Waals surface area contributed by atoms with E-state index in [1.807, 2.05) is 6.07 Å². The third-order valence-electron chi connectivity index (χ3n) is 3.13. The number of ether oxygens (including phenoxy) is 1. The van der Waals surface area contributed by atoms with E-state index in [-0.39, 0.29) is 5.82 Å². The van der Waals surface area contributed by atoms with E-state index in [9.17, 15) is 4.39 Å². The molecule has 1 aliphatic rings. The summed E-state index contributed by atoms with van der Waals surface area (Å²) >= 11 is 0. The van der Waals surface area contributed by atoms with Gasteiger partial charge >= 0.3 is 0 Å². The minimum Gasteiger partial charge on any atom is -0.490 e. The number of hydrogen-bond donors (Lipinski definition) is 0. The SMILES string of the molecule is Cc1ccc(OC2CCCC2)c(C)c1F. The van der Waals surface area contributed by atoms with Crippen LogP contribution in [0.15, 0.2) is 12.1 Å². The third kappa shape index (κ3) is 2.14. The van der Waals surface area contributed by atoms with Crippen molar-refractivity contribution in [2.75, 3.05) is 0 Å². The number of aryl methyl sites for hydroxylation is 1. The molecule has 0 atom stereocenters. The maximum absolute atomic E-state index is 13.6. The Morgan fingerprint density at radius 3 is 2.53 bits per heavy atom. The molecule has 1 saturated carbocycles. The maximum Gasteiger partial charge on any atom is 0.132 e. The Morgan fingerprint density at radius 2 is 1.87 bits per heavy atom. The summed E-state index contributed by atoms with van der Waals surface area (Å²) in [5.74, 6) is 0.579. The van der Waals surface area contributed by atoms with E-state index in [1.165, 1.54) is 12.8 Å². The molecule has 15 heavy (non-hydrogen) atoms. The van der Waals surface area contributed by atoms with Crippen molar-refractivity contribution < 1.29 is 9.13 Å². The van der Waals surface area contributed by atoms with E-state index in [2.05, 4.69) is 0 Å². The fourth-order valence-corrected chi connectivity index (χ4v) is 2.12. The van der Waals surface area contributed by atoms with Crippen LogP contribution in [0, 0.1) is 19.7 Å². The Hall–Kier alpha value is -1.05. The molecule has 0 saturated heterocycles. The Bertz CT molecular complexity index is 354. The van der Waals surface area contributed by atoms with Crippen LogP contribution in [0.3, 0.4) is 0 Å². The zero-order valence-corrected chi connectivity index (χ0v) is 9.35. The molecule has 0 heterocycles. The Labute approximate surface area is 90.3 Å². The van der Waals surface area contributed by atoms with Crippen molar-refractivity contribution in [2.24, 2.45) is 0 Å². The van der Waals surface area contributed by atoms with Crippen LogP contribution in [0.25, 0.3) is 0 Å². The van der Waals surface area contributed by atoms with Crippen molar-refractivity contribution in [3.63, 3.8) is 0 Å². The molecule has 1 aromatic rings. The van der Waals surface area contributed by atoms with Gasteiger partial charge in [-0.05, 0) is 51.2 Å². The molecule has 0 radical (unpaired) electrons. The summed E-state index contributed by atoms with van der Waals surface area (Å²) in [5, 5.41) is 0. The molecule has 2 heteroatoms. The lowest BCUT2D eigenvalue weighted by Crippen LogP contribution is -2.12. The molecular weight excluding hydrogens is 191 g/mol.